The number of alkyl halides is 4. The number of phosphoric ester groups is 1. The number of carbonyl (C=O) groups excluding carboxylic acids is 2. The van der Waals surface area contributed by atoms with E-state index in [1.54, 1.807) is 41.5 Å². The van der Waals surface area contributed by atoms with Gasteiger partial charge in [0.05, 0.1) is 29.6 Å². The quantitative estimate of drug-likeness (QED) is 0.208. The van der Waals surface area contributed by atoms with E-state index in [1.165, 1.54) is 26.2 Å². The molecule has 1 aliphatic rings. The lowest BCUT2D eigenvalue weighted by Gasteiger charge is -2.32. The van der Waals surface area contributed by atoms with Gasteiger partial charge in [-0.25, -0.2) is 18.6 Å². The van der Waals surface area contributed by atoms with E-state index in [-0.39, 0.29) is 15.7 Å². The van der Waals surface area contributed by atoms with Crippen LogP contribution in [0.1, 0.15) is 65.2 Å². The summed E-state index contributed by atoms with van der Waals surface area (Å²) in [6.07, 6.45) is -7.56. The van der Waals surface area contributed by atoms with Gasteiger partial charge in [0.1, 0.15) is 18.5 Å². The van der Waals surface area contributed by atoms with Crippen LogP contribution in [0.4, 0.5) is 28.0 Å². The second-order valence-electron chi connectivity index (χ2n) is 11.7. The highest BCUT2D eigenvalue weighted by atomic mass is 35.5. The Labute approximate surface area is 251 Å². The first kappa shape index (κ1) is 34.8. The molecule has 2 unspecified atom stereocenters. The summed E-state index contributed by atoms with van der Waals surface area (Å²) in [6, 6.07) is 5.53. The average Bonchev–Trinajstić information content (AvgIpc) is 3.06. The van der Waals surface area contributed by atoms with E-state index >= 15 is 4.39 Å². The molecule has 0 saturated carbocycles. The third-order valence-corrected chi connectivity index (χ3v) is 8.07. The molecule has 3 rings (SSSR count). The fraction of sp³-hybridized carbons (Fsp3) is 0.500. The summed E-state index contributed by atoms with van der Waals surface area (Å²) >= 11 is 6.05. The monoisotopic (exact) mass is 653 g/mol. The largest absolute Gasteiger partial charge is 0.496 e. The van der Waals surface area contributed by atoms with Crippen molar-refractivity contribution < 1.29 is 54.8 Å². The van der Waals surface area contributed by atoms with Gasteiger partial charge < -0.3 is 9.47 Å². The Balaban J connectivity index is 1.97. The molecule has 2 aromatic rings. The van der Waals surface area contributed by atoms with E-state index in [9.17, 15) is 27.3 Å². The van der Waals surface area contributed by atoms with Crippen molar-refractivity contribution >= 4 is 37.1 Å². The molecule has 238 valence electrons. The van der Waals surface area contributed by atoms with E-state index in [2.05, 4.69) is 0 Å². The summed E-state index contributed by atoms with van der Waals surface area (Å²) in [4.78, 5) is 27.0. The lowest BCUT2D eigenvalue weighted by molar-refractivity contribution is -0.137. The van der Waals surface area contributed by atoms with Gasteiger partial charge in [0, 0.05) is 16.1 Å². The molecule has 43 heavy (non-hydrogen) atoms. The van der Waals surface area contributed by atoms with Crippen LogP contribution in [0, 0.1) is 0 Å². The molecule has 15 heteroatoms. The molecule has 0 bridgehead atoms. The molecule has 0 spiro atoms. The molecule has 0 N–H and O–H groups in total. The van der Waals surface area contributed by atoms with Crippen molar-refractivity contribution in [3.05, 3.63) is 58.1 Å². The summed E-state index contributed by atoms with van der Waals surface area (Å²) in [7, 11) is -3.06. The second kappa shape index (κ2) is 12.0. The number of phosphoric acid groups is 1. The third kappa shape index (κ3) is 7.88. The van der Waals surface area contributed by atoms with Crippen molar-refractivity contribution in [3.63, 3.8) is 0 Å². The zero-order valence-electron chi connectivity index (χ0n) is 24.8. The predicted octanol–water partition coefficient (Wildman–Crippen LogP) is 8.21. The predicted molar refractivity (Wildman–Crippen MR) is 150 cm³/mol. The number of fused-ring (bicyclic) bond motifs is 1. The SMILES string of the molecule is COc1ccc(Cl)cc1C1(F)C(=O)N(C(=O)OCC(C)OP(=O)(OC(C)(C)C)OC(C)(C)C)c2cc(C(F)(F)F)ccc21. The van der Waals surface area contributed by atoms with Crippen molar-refractivity contribution in [2.24, 2.45) is 0 Å². The van der Waals surface area contributed by atoms with Gasteiger partial charge in [-0.2, -0.15) is 13.2 Å². The fourth-order valence-corrected chi connectivity index (χ4v) is 6.33. The van der Waals surface area contributed by atoms with E-state index in [4.69, 9.17) is 34.6 Å². The first-order valence-corrected chi connectivity index (χ1v) is 14.8. The van der Waals surface area contributed by atoms with Gasteiger partial charge in [-0.1, -0.05) is 17.7 Å². The van der Waals surface area contributed by atoms with Crippen molar-refractivity contribution in [3.8, 4) is 5.75 Å². The minimum atomic E-state index is -4.88. The molecule has 2 aromatic carbocycles. The van der Waals surface area contributed by atoms with Crippen molar-refractivity contribution in [2.45, 2.75) is 77.6 Å². The molecule has 1 heterocycles. The van der Waals surface area contributed by atoms with Crippen molar-refractivity contribution in [1.82, 2.24) is 0 Å². The van der Waals surface area contributed by atoms with E-state index in [1.807, 2.05) is 0 Å². The highest BCUT2D eigenvalue weighted by Crippen LogP contribution is 2.56. The van der Waals surface area contributed by atoms with Gasteiger partial charge in [0.2, 0.25) is 5.67 Å². The maximum Gasteiger partial charge on any atom is 0.476 e. The fourth-order valence-electron chi connectivity index (χ4n) is 4.19. The van der Waals surface area contributed by atoms with Gasteiger partial charge in [0.15, 0.2) is 0 Å². The third-order valence-electron chi connectivity index (χ3n) is 5.67. The van der Waals surface area contributed by atoms with Crippen LogP contribution in [-0.4, -0.2) is 43.0 Å². The van der Waals surface area contributed by atoms with Crippen LogP contribution in [0.25, 0.3) is 0 Å². The molecule has 2 amide bonds. The van der Waals surface area contributed by atoms with E-state index in [0.29, 0.717) is 12.1 Å². The van der Waals surface area contributed by atoms with E-state index < -0.39 is 78.0 Å². The van der Waals surface area contributed by atoms with Crippen LogP contribution >= 0.6 is 19.4 Å². The van der Waals surface area contributed by atoms with Crippen LogP contribution in [0.5, 0.6) is 5.75 Å². The van der Waals surface area contributed by atoms with Gasteiger partial charge in [0.25, 0.3) is 5.91 Å². The molecule has 2 atom stereocenters. The molecular formula is C28H33ClF4NO8P. The molecule has 0 aromatic heterocycles. The zero-order valence-corrected chi connectivity index (χ0v) is 26.4. The lowest BCUT2D eigenvalue weighted by atomic mass is 9.88. The molecule has 0 aliphatic carbocycles. The average molecular weight is 654 g/mol. The topological polar surface area (TPSA) is 101 Å². The maximum absolute atomic E-state index is 16.9. The number of ether oxygens (including phenoxy) is 2. The summed E-state index contributed by atoms with van der Waals surface area (Å²) in [6.45, 7) is 10.4. The first-order chi connectivity index (χ1) is 19.5. The zero-order chi connectivity index (χ0) is 32.8. The Morgan fingerprint density at radius 3 is 2.09 bits per heavy atom. The Morgan fingerprint density at radius 1 is 1.00 bits per heavy atom. The Morgan fingerprint density at radius 2 is 1.58 bits per heavy atom. The number of benzene rings is 2. The van der Waals surface area contributed by atoms with Gasteiger partial charge in [-0.15, -0.1) is 0 Å². The smallest absolute Gasteiger partial charge is 0.476 e. The minimum Gasteiger partial charge on any atom is -0.496 e. The number of nitrogens with zero attached hydrogens (tertiary/aromatic N) is 1. The standard InChI is InChI=1S/C28H33ClF4NO8P/c1-16(40-43(37,41-25(2,3)4)42-26(5,6)7)15-39-24(36)34-21-13-17(28(31,32)33)9-11-19(21)27(30,23(34)35)20-14-18(29)10-12-22(20)38-8/h9-14,16H,15H2,1-8H3. The van der Waals surface area contributed by atoms with Crippen LogP contribution in [0.3, 0.4) is 0 Å². The number of methoxy groups -OCH3 is 1. The number of hydrogen-bond acceptors (Lipinski definition) is 8. The first-order valence-electron chi connectivity index (χ1n) is 13.0. The summed E-state index contributed by atoms with van der Waals surface area (Å²) in [5.74, 6) is -1.70. The molecule has 0 saturated heterocycles. The van der Waals surface area contributed by atoms with Crippen molar-refractivity contribution in [1.29, 1.82) is 0 Å². The number of rotatable bonds is 8. The molecule has 9 nitrogen and oxygen atoms in total. The molecule has 0 fully saturated rings. The van der Waals surface area contributed by atoms with Crippen LogP contribution in [-0.2, 0) is 39.5 Å². The Bertz CT molecular complexity index is 1420. The van der Waals surface area contributed by atoms with E-state index in [0.717, 1.165) is 12.1 Å². The maximum atomic E-state index is 16.9. The van der Waals surface area contributed by atoms with Crippen molar-refractivity contribution in [2.75, 3.05) is 18.6 Å². The summed E-state index contributed by atoms with van der Waals surface area (Å²) < 4.78 is 98.0. The van der Waals surface area contributed by atoms with Gasteiger partial charge in [-0.05, 0) is 78.8 Å². The number of hydrogen-bond donors (Lipinski definition) is 0. The lowest BCUT2D eigenvalue weighted by Crippen LogP contribution is -2.42. The molecular weight excluding hydrogens is 621 g/mol. The summed E-state index contributed by atoms with van der Waals surface area (Å²) in [5, 5.41) is 0.000433. The van der Waals surface area contributed by atoms with Crippen LogP contribution in [0.2, 0.25) is 5.02 Å². The van der Waals surface area contributed by atoms with Gasteiger partial charge >= 0.3 is 20.1 Å². The number of carbonyl (C=O) groups is 2. The minimum absolute atomic E-state index is 0.000433. The second-order valence-corrected chi connectivity index (χ2v) is 13.6. The normalized spacial score (nSPS) is 18.4. The summed E-state index contributed by atoms with van der Waals surface area (Å²) in [5.41, 5.74) is -8.03. The highest BCUT2D eigenvalue weighted by molar-refractivity contribution is 7.48. The molecule has 0 radical (unpaired) electrons. The number of halogens is 5. The Hall–Kier alpha value is -2.70. The highest BCUT2D eigenvalue weighted by Gasteiger charge is 2.57. The number of amides is 2. The number of imide groups is 1. The number of anilines is 1. The molecule has 1 aliphatic heterocycles. The van der Waals surface area contributed by atoms with Crippen LogP contribution in [0.15, 0.2) is 36.4 Å². The van der Waals surface area contributed by atoms with Crippen LogP contribution < -0.4 is 9.64 Å². The Kier molecular flexibility index (Phi) is 9.71. The van der Waals surface area contributed by atoms with Gasteiger partial charge in [-0.3, -0.25) is 18.4 Å².